The predicted molar refractivity (Wildman–Crippen MR) is 141 cm³/mol. The molecule has 38 heavy (non-hydrogen) atoms. The van der Waals surface area contributed by atoms with Crippen molar-refractivity contribution in [1.29, 1.82) is 0 Å². The van der Waals surface area contributed by atoms with Crippen molar-refractivity contribution >= 4 is 24.0 Å². The summed E-state index contributed by atoms with van der Waals surface area (Å²) in [5, 5.41) is 2.78. The maximum absolute atomic E-state index is 13.8. The Morgan fingerprint density at radius 1 is 1.24 bits per heavy atom. The van der Waals surface area contributed by atoms with Crippen LogP contribution in [0.5, 0.6) is 0 Å². The highest BCUT2D eigenvalue weighted by Gasteiger charge is 2.45. The van der Waals surface area contributed by atoms with Gasteiger partial charge in [-0.2, -0.15) is 0 Å². The summed E-state index contributed by atoms with van der Waals surface area (Å²) >= 11 is 0. The molecule has 1 aromatic heterocycles. The summed E-state index contributed by atoms with van der Waals surface area (Å²) in [7, 11) is 0. The van der Waals surface area contributed by atoms with E-state index in [4.69, 9.17) is 15.2 Å². The smallest absolute Gasteiger partial charge is 0.248 e. The Balaban J connectivity index is 1.51. The van der Waals surface area contributed by atoms with Gasteiger partial charge in [-0.15, -0.1) is 0 Å². The fraction of sp³-hybridized carbons (Fsp3) is 0.464. The van der Waals surface area contributed by atoms with Crippen LogP contribution in [-0.4, -0.2) is 76.8 Å². The van der Waals surface area contributed by atoms with E-state index in [0.717, 1.165) is 24.0 Å². The zero-order valence-electron chi connectivity index (χ0n) is 21.8. The molecule has 1 saturated heterocycles. The summed E-state index contributed by atoms with van der Waals surface area (Å²) in [5.41, 5.74) is 6.38. The summed E-state index contributed by atoms with van der Waals surface area (Å²) in [6.07, 6.45) is 3.51. The molecule has 0 aliphatic carbocycles. The van der Waals surface area contributed by atoms with Crippen LogP contribution in [0.3, 0.4) is 0 Å². The lowest BCUT2D eigenvalue weighted by Crippen LogP contribution is -2.58. The van der Waals surface area contributed by atoms with Gasteiger partial charge in [0.05, 0.1) is 18.8 Å². The normalized spacial score (nSPS) is 23.2. The maximum atomic E-state index is 13.8. The first-order chi connectivity index (χ1) is 18.3. The molecule has 3 heterocycles. The van der Waals surface area contributed by atoms with Gasteiger partial charge in [0.25, 0.3) is 0 Å². The molecule has 2 aliphatic heterocycles. The van der Waals surface area contributed by atoms with Gasteiger partial charge in [-0.3, -0.25) is 14.6 Å². The number of carbonyl (C=O) groups excluding carboxylic acids is 3. The molecule has 10 nitrogen and oxygen atoms in total. The number of hydrogen-bond donors (Lipinski definition) is 2. The van der Waals surface area contributed by atoms with Crippen LogP contribution in [0.15, 0.2) is 59.7 Å². The molecule has 0 radical (unpaired) electrons. The van der Waals surface area contributed by atoms with E-state index in [9.17, 15) is 14.4 Å². The fourth-order valence-electron chi connectivity index (χ4n) is 4.69. The number of rotatable bonds is 11. The third-order valence-corrected chi connectivity index (χ3v) is 6.86. The molecular formula is C28H35N5O5. The first-order valence-corrected chi connectivity index (χ1v) is 12.9. The number of amides is 2. The Bertz CT molecular complexity index is 1140. The van der Waals surface area contributed by atoms with Gasteiger partial charge in [-0.1, -0.05) is 36.4 Å². The van der Waals surface area contributed by atoms with Crippen LogP contribution in [-0.2, 0) is 36.9 Å². The van der Waals surface area contributed by atoms with Crippen molar-refractivity contribution in [3.8, 4) is 0 Å². The Hall–Kier alpha value is -3.63. The number of nitrogens with zero attached hydrogens (tertiary/aromatic N) is 3. The van der Waals surface area contributed by atoms with Gasteiger partial charge in [0, 0.05) is 24.9 Å². The second-order valence-corrected chi connectivity index (χ2v) is 9.92. The highest BCUT2D eigenvalue weighted by molar-refractivity contribution is 5.95. The molecule has 1 aromatic carbocycles. The van der Waals surface area contributed by atoms with Crippen LogP contribution in [0.25, 0.3) is 0 Å². The summed E-state index contributed by atoms with van der Waals surface area (Å²) in [5.74, 6) is -0.394. The second-order valence-electron chi connectivity index (χ2n) is 9.92. The third-order valence-electron chi connectivity index (χ3n) is 6.86. The molecule has 4 unspecified atom stereocenters. The highest BCUT2D eigenvalue weighted by atomic mass is 16.5. The first kappa shape index (κ1) is 27.4. The lowest BCUT2D eigenvalue weighted by atomic mass is 9.97. The van der Waals surface area contributed by atoms with Crippen molar-refractivity contribution < 1.29 is 23.9 Å². The Morgan fingerprint density at radius 2 is 2.00 bits per heavy atom. The van der Waals surface area contributed by atoms with Gasteiger partial charge < -0.3 is 30.2 Å². The van der Waals surface area contributed by atoms with E-state index in [2.05, 4.69) is 15.3 Å². The van der Waals surface area contributed by atoms with Gasteiger partial charge in [-0.25, -0.2) is 4.99 Å². The van der Waals surface area contributed by atoms with Crippen LogP contribution in [0.4, 0.5) is 0 Å². The average Bonchev–Trinajstić information content (AvgIpc) is 3.59. The van der Waals surface area contributed by atoms with Gasteiger partial charge in [0.1, 0.15) is 18.7 Å². The van der Waals surface area contributed by atoms with E-state index in [0.29, 0.717) is 25.3 Å². The van der Waals surface area contributed by atoms with Gasteiger partial charge in [0.15, 0.2) is 11.8 Å². The minimum atomic E-state index is -1.09. The van der Waals surface area contributed by atoms with Crippen molar-refractivity contribution in [2.45, 2.75) is 69.5 Å². The van der Waals surface area contributed by atoms with Crippen molar-refractivity contribution in [2.75, 3.05) is 13.2 Å². The summed E-state index contributed by atoms with van der Waals surface area (Å²) in [4.78, 5) is 49.1. The molecule has 0 bridgehead atoms. The van der Waals surface area contributed by atoms with Crippen LogP contribution in [0, 0.1) is 0 Å². The topological polar surface area (TPSA) is 136 Å². The lowest BCUT2D eigenvalue weighted by Gasteiger charge is -2.32. The van der Waals surface area contributed by atoms with E-state index < -0.39 is 35.7 Å². The fourth-order valence-corrected chi connectivity index (χ4v) is 4.69. The predicted octanol–water partition coefficient (Wildman–Crippen LogP) is 1.42. The number of hydrogen-bond acceptors (Lipinski definition) is 8. The standard InChI is InChI=1S/C28H35N5O5/c1-19(29)25(35)31-24(20(2)37-16-21-9-4-3-5-10-21)27(36)33-14-8-12-23(33)26-32-28(17-34,18-38-26)15-22-11-6-7-13-30-22/h3-7,9-11,13,17,19-20,23-24H,8,12,14-16,18,29H2,1-2H3,(H,31,35)/t19?,20?,23?,24?,28-/m0/s1. The second kappa shape index (κ2) is 12.3. The van der Waals surface area contributed by atoms with Crippen molar-refractivity contribution in [3.63, 3.8) is 0 Å². The summed E-state index contributed by atoms with van der Waals surface area (Å²) in [6, 6.07) is 12.9. The molecule has 202 valence electrons. The van der Waals surface area contributed by atoms with Gasteiger partial charge in [-0.05, 0) is 44.4 Å². The van der Waals surface area contributed by atoms with Gasteiger partial charge >= 0.3 is 0 Å². The van der Waals surface area contributed by atoms with E-state index >= 15 is 0 Å². The molecular weight excluding hydrogens is 486 g/mol. The number of ether oxygens (including phenoxy) is 2. The molecule has 4 rings (SSSR count). The van der Waals surface area contributed by atoms with E-state index in [-0.39, 0.29) is 19.1 Å². The van der Waals surface area contributed by atoms with E-state index in [1.165, 1.54) is 0 Å². The molecule has 3 N–H and O–H groups in total. The molecule has 5 atom stereocenters. The molecule has 2 amide bonds. The minimum Gasteiger partial charge on any atom is -0.476 e. The van der Waals surface area contributed by atoms with Crippen LogP contribution >= 0.6 is 0 Å². The minimum absolute atomic E-state index is 0.0857. The van der Waals surface area contributed by atoms with Gasteiger partial charge in [0.2, 0.25) is 17.7 Å². The number of pyridine rings is 1. The SMILES string of the molecule is CC(N)C(=O)NC(C(=O)N1CCCC1C1=N[C@](C=O)(Cc2ccccn2)CO1)C(C)OCc1ccccc1. The molecule has 2 aromatic rings. The number of nitrogens with two attached hydrogens (primary N) is 1. The monoisotopic (exact) mass is 521 g/mol. The number of likely N-dealkylation sites (tertiary alicyclic amines) is 1. The number of nitrogens with one attached hydrogen (secondary N) is 1. The number of aromatic nitrogens is 1. The molecule has 0 spiro atoms. The molecule has 1 fully saturated rings. The van der Waals surface area contributed by atoms with E-state index in [1.807, 2.05) is 48.5 Å². The Morgan fingerprint density at radius 3 is 2.68 bits per heavy atom. The number of carbonyl (C=O) groups is 3. The maximum Gasteiger partial charge on any atom is 0.248 e. The summed E-state index contributed by atoms with van der Waals surface area (Å²) < 4.78 is 11.9. The number of aliphatic imine (C=N–C) groups is 1. The molecule has 10 heteroatoms. The van der Waals surface area contributed by atoms with Crippen molar-refractivity contribution in [1.82, 2.24) is 15.2 Å². The zero-order valence-corrected chi connectivity index (χ0v) is 21.8. The van der Waals surface area contributed by atoms with E-state index in [1.54, 1.807) is 24.9 Å². The molecule has 0 saturated carbocycles. The summed E-state index contributed by atoms with van der Waals surface area (Å²) in [6.45, 7) is 4.16. The van der Waals surface area contributed by atoms with Crippen molar-refractivity contribution in [3.05, 3.63) is 66.0 Å². The number of benzene rings is 1. The highest BCUT2D eigenvalue weighted by Crippen LogP contribution is 2.28. The van der Waals surface area contributed by atoms with Crippen molar-refractivity contribution in [2.24, 2.45) is 10.7 Å². The lowest BCUT2D eigenvalue weighted by molar-refractivity contribution is -0.141. The Labute approximate surface area is 222 Å². The molecule has 2 aliphatic rings. The van der Waals surface area contributed by atoms with Crippen LogP contribution in [0.1, 0.15) is 37.9 Å². The average molecular weight is 522 g/mol. The first-order valence-electron chi connectivity index (χ1n) is 12.9. The Kier molecular flexibility index (Phi) is 8.85. The van der Waals surface area contributed by atoms with Crippen LogP contribution in [0.2, 0.25) is 0 Å². The quantitative estimate of drug-likeness (QED) is 0.427. The third kappa shape index (κ3) is 6.43. The van der Waals surface area contributed by atoms with Crippen LogP contribution < -0.4 is 11.1 Å². The number of aldehydes is 1. The largest absolute Gasteiger partial charge is 0.476 e. The zero-order chi connectivity index (χ0) is 27.1.